The summed E-state index contributed by atoms with van der Waals surface area (Å²) < 4.78 is 16.0. The Morgan fingerprint density at radius 2 is 2.08 bits per heavy atom. The maximum absolute atomic E-state index is 11.9. The second-order valence-electron chi connectivity index (χ2n) is 5.13. The Kier molecular flexibility index (Phi) is 5.41. The highest BCUT2D eigenvalue weighted by Crippen LogP contribution is 2.32. The van der Waals surface area contributed by atoms with E-state index in [1.807, 2.05) is 18.2 Å². The van der Waals surface area contributed by atoms with Gasteiger partial charge in [0, 0.05) is 27.2 Å². The van der Waals surface area contributed by atoms with Crippen LogP contribution in [0.2, 0.25) is 10.0 Å². The first-order valence-electron chi connectivity index (χ1n) is 7.24. The summed E-state index contributed by atoms with van der Waals surface area (Å²) in [7, 11) is 0. The molecule has 2 aromatic carbocycles. The van der Waals surface area contributed by atoms with Gasteiger partial charge >= 0.3 is 5.97 Å². The van der Waals surface area contributed by atoms with Crippen molar-refractivity contribution >= 4 is 35.2 Å². The number of esters is 1. The number of hydrogen-bond donors (Lipinski definition) is 0. The number of hydrogen-bond acceptors (Lipinski definition) is 4. The van der Waals surface area contributed by atoms with Gasteiger partial charge in [-0.1, -0.05) is 41.4 Å². The number of halogens is 2. The quantitative estimate of drug-likeness (QED) is 0.586. The fourth-order valence-electron chi connectivity index (χ4n) is 2.33. The summed E-state index contributed by atoms with van der Waals surface area (Å²) in [6, 6.07) is 10.7. The average molecular weight is 365 g/mol. The van der Waals surface area contributed by atoms with Crippen LogP contribution in [0, 0.1) is 0 Å². The van der Waals surface area contributed by atoms with Gasteiger partial charge in [-0.05, 0) is 29.8 Å². The zero-order valence-electron chi connectivity index (χ0n) is 12.6. The van der Waals surface area contributed by atoms with E-state index in [2.05, 4.69) is 0 Å². The predicted molar refractivity (Wildman–Crippen MR) is 92.0 cm³/mol. The SMILES string of the molecule is O=C(/C=C/c1ccccc1Cl)OCc1cc(Cl)cc2c1OCOC2. The van der Waals surface area contributed by atoms with E-state index >= 15 is 0 Å². The van der Waals surface area contributed by atoms with E-state index in [1.54, 1.807) is 24.3 Å². The number of carbonyl (C=O) groups is 1. The number of ether oxygens (including phenoxy) is 3. The zero-order chi connectivity index (χ0) is 16.9. The van der Waals surface area contributed by atoms with Crippen molar-refractivity contribution in [2.45, 2.75) is 13.2 Å². The van der Waals surface area contributed by atoms with Gasteiger partial charge in [0.25, 0.3) is 0 Å². The summed E-state index contributed by atoms with van der Waals surface area (Å²) in [5.74, 6) is 0.184. The summed E-state index contributed by atoms with van der Waals surface area (Å²) in [4.78, 5) is 11.9. The third-order valence-corrected chi connectivity index (χ3v) is 3.99. The lowest BCUT2D eigenvalue weighted by Crippen LogP contribution is -2.14. The fraction of sp³-hybridized carbons (Fsp3) is 0.167. The molecule has 6 heteroatoms. The van der Waals surface area contributed by atoms with Crippen LogP contribution in [0.1, 0.15) is 16.7 Å². The minimum Gasteiger partial charge on any atom is -0.467 e. The normalized spacial score (nSPS) is 13.4. The molecule has 0 bridgehead atoms. The zero-order valence-corrected chi connectivity index (χ0v) is 14.1. The second-order valence-corrected chi connectivity index (χ2v) is 5.97. The standard InChI is InChI=1S/C18H14Cl2O4/c19-15-7-13-9-22-11-24-18(13)14(8-15)10-23-17(21)6-5-12-3-1-2-4-16(12)20/h1-8H,9-11H2/b6-5+. The highest BCUT2D eigenvalue weighted by atomic mass is 35.5. The molecule has 0 N–H and O–H groups in total. The first-order valence-corrected chi connectivity index (χ1v) is 8.00. The van der Waals surface area contributed by atoms with Gasteiger partial charge in [-0.3, -0.25) is 0 Å². The van der Waals surface area contributed by atoms with Crippen LogP contribution in [0.3, 0.4) is 0 Å². The Labute approximate surface area is 149 Å². The summed E-state index contributed by atoms with van der Waals surface area (Å²) in [5, 5.41) is 1.11. The molecule has 0 unspecified atom stereocenters. The van der Waals surface area contributed by atoms with E-state index in [4.69, 9.17) is 37.4 Å². The van der Waals surface area contributed by atoms with Crippen LogP contribution in [0.25, 0.3) is 6.08 Å². The maximum atomic E-state index is 11.9. The van der Waals surface area contributed by atoms with E-state index < -0.39 is 5.97 Å². The third kappa shape index (κ3) is 4.09. The topological polar surface area (TPSA) is 44.8 Å². The molecule has 1 aliphatic heterocycles. The molecule has 0 radical (unpaired) electrons. The Morgan fingerprint density at radius 1 is 1.25 bits per heavy atom. The van der Waals surface area contributed by atoms with E-state index in [1.165, 1.54) is 6.08 Å². The lowest BCUT2D eigenvalue weighted by Gasteiger charge is -2.20. The summed E-state index contributed by atoms with van der Waals surface area (Å²) in [5.41, 5.74) is 2.29. The molecule has 0 atom stereocenters. The highest BCUT2D eigenvalue weighted by molar-refractivity contribution is 6.32. The van der Waals surface area contributed by atoms with Crippen LogP contribution in [-0.4, -0.2) is 12.8 Å². The Hall–Kier alpha value is -2.01. The maximum Gasteiger partial charge on any atom is 0.331 e. The molecule has 0 aromatic heterocycles. The van der Waals surface area contributed by atoms with Gasteiger partial charge in [0.15, 0.2) is 6.79 Å². The Bertz CT molecular complexity index is 787. The van der Waals surface area contributed by atoms with Crippen LogP contribution in [-0.2, 0) is 27.5 Å². The van der Waals surface area contributed by atoms with Crippen molar-refractivity contribution < 1.29 is 19.0 Å². The van der Waals surface area contributed by atoms with Crippen molar-refractivity contribution in [3.63, 3.8) is 0 Å². The molecule has 4 nitrogen and oxygen atoms in total. The molecule has 0 fully saturated rings. The van der Waals surface area contributed by atoms with Gasteiger partial charge in [0.1, 0.15) is 12.4 Å². The smallest absolute Gasteiger partial charge is 0.331 e. The predicted octanol–water partition coefficient (Wildman–Crippen LogP) is 4.62. The first kappa shape index (κ1) is 16.8. The van der Waals surface area contributed by atoms with Crippen LogP contribution in [0.15, 0.2) is 42.5 Å². The van der Waals surface area contributed by atoms with Crippen molar-refractivity contribution in [3.05, 3.63) is 69.2 Å². The van der Waals surface area contributed by atoms with Crippen LogP contribution in [0.4, 0.5) is 0 Å². The van der Waals surface area contributed by atoms with Crippen molar-refractivity contribution in [2.24, 2.45) is 0 Å². The molecule has 1 heterocycles. The van der Waals surface area contributed by atoms with Gasteiger partial charge in [-0.25, -0.2) is 4.79 Å². The second kappa shape index (κ2) is 7.71. The monoisotopic (exact) mass is 364 g/mol. The van der Waals surface area contributed by atoms with Crippen molar-refractivity contribution in [3.8, 4) is 5.75 Å². The number of carbonyl (C=O) groups excluding carboxylic acids is 1. The van der Waals surface area contributed by atoms with Crippen molar-refractivity contribution in [1.82, 2.24) is 0 Å². The van der Waals surface area contributed by atoms with Gasteiger partial charge in [0.05, 0.1) is 6.61 Å². The minimum absolute atomic E-state index is 0.0641. The van der Waals surface area contributed by atoms with E-state index in [0.29, 0.717) is 28.0 Å². The summed E-state index contributed by atoms with van der Waals surface area (Å²) in [6.45, 7) is 0.653. The third-order valence-electron chi connectivity index (χ3n) is 3.43. The fourth-order valence-corrected chi connectivity index (χ4v) is 2.79. The lowest BCUT2D eigenvalue weighted by atomic mass is 10.1. The molecule has 3 rings (SSSR count). The molecule has 124 valence electrons. The molecule has 0 aliphatic carbocycles. The first-order chi connectivity index (χ1) is 11.6. The van der Waals surface area contributed by atoms with Gasteiger partial charge < -0.3 is 14.2 Å². The molecule has 1 aliphatic rings. The molecule has 2 aromatic rings. The summed E-state index contributed by atoms with van der Waals surface area (Å²) >= 11 is 12.1. The molecule has 0 saturated carbocycles. The van der Waals surface area contributed by atoms with Gasteiger partial charge in [-0.2, -0.15) is 0 Å². The Morgan fingerprint density at radius 3 is 2.92 bits per heavy atom. The molecule has 0 saturated heterocycles. The molecular formula is C18H14Cl2O4. The van der Waals surface area contributed by atoms with E-state index in [9.17, 15) is 4.79 Å². The largest absolute Gasteiger partial charge is 0.467 e. The van der Waals surface area contributed by atoms with E-state index in [-0.39, 0.29) is 13.4 Å². The van der Waals surface area contributed by atoms with Crippen molar-refractivity contribution in [2.75, 3.05) is 6.79 Å². The molecule has 0 spiro atoms. The van der Waals surface area contributed by atoms with Crippen molar-refractivity contribution in [1.29, 1.82) is 0 Å². The lowest BCUT2D eigenvalue weighted by molar-refractivity contribution is -0.139. The molecule has 0 amide bonds. The number of fused-ring (bicyclic) bond motifs is 1. The van der Waals surface area contributed by atoms with E-state index in [0.717, 1.165) is 11.1 Å². The van der Waals surface area contributed by atoms with Gasteiger partial charge in [0.2, 0.25) is 0 Å². The van der Waals surface area contributed by atoms with Crippen LogP contribution < -0.4 is 4.74 Å². The Balaban J connectivity index is 1.67. The number of rotatable bonds is 4. The molecular weight excluding hydrogens is 351 g/mol. The average Bonchev–Trinajstić information content (AvgIpc) is 2.58. The number of benzene rings is 2. The molecule has 24 heavy (non-hydrogen) atoms. The highest BCUT2D eigenvalue weighted by Gasteiger charge is 2.17. The van der Waals surface area contributed by atoms with Gasteiger partial charge in [-0.15, -0.1) is 0 Å². The minimum atomic E-state index is -0.476. The van der Waals surface area contributed by atoms with Crippen LogP contribution >= 0.6 is 23.2 Å². The summed E-state index contributed by atoms with van der Waals surface area (Å²) in [6.07, 6.45) is 2.95. The van der Waals surface area contributed by atoms with Crippen LogP contribution in [0.5, 0.6) is 5.75 Å².